The van der Waals surface area contributed by atoms with Crippen LogP contribution in [0.4, 0.5) is 0 Å². The fourth-order valence-corrected chi connectivity index (χ4v) is 2.51. The lowest BCUT2D eigenvalue weighted by Gasteiger charge is -2.12. The molecule has 0 fully saturated rings. The van der Waals surface area contributed by atoms with E-state index in [2.05, 4.69) is 36.4 Å². The van der Waals surface area contributed by atoms with Gasteiger partial charge in [0.15, 0.2) is 0 Å². The maximum atomic E-state index is 11.7. The Morgan fingerprint density at radius 2 is 2.05 bits per heavy atom. The highest BCUT2D eigenvalue weighted by molar-refractivity contribution is 5.82. The number of hydrogen-bond acceptors (Lipinski definition) is 2. The molecule has 1 aromatic carbocycles. The number of esters is 1. The van der Waals surface area contributed by atoms with Crippen LogP contribution in [-0.4, -0.2) is 12.6 Å². The van der Waals surface area contributed by atoms with E-state index in [-0.39, 0.29) is 5.97 Å². The van der Waals surface area contributed by atoms with Gasteiger partial charge in [-0.1, -0.05) is 42.0 Å². The first-order valence-corrected chi connectivity index (χ1v) is 7.37. The van der Waals surface area contributed by atoms with E-state index in [0.29, 0.717) is 6.61 Å². The van der Waals surface area contributed by atoms with Crippen LogP contribution in [0.1, 0.15) is 37.3 Å². The van der Waals surface area contributed by atoms with Gasteiger partial charge in [0.2, 0.25) is 0 Å². The molecule has 0 radical (unpaired) electrons. The molecular weight excluding hydrogens is 248 g/mol. The summed E-state index contributed by atoms with van der Waals surface area (Å²) in [6, 6.07) is 8.53. The topological polar surface area (TPSA) is 26.3 Å². The molecule has 2 rings (SSSR count). The number of aryl methyl sites for hydroxylation is 1. The molecule has 0 heterocycles. The first kappa shape index (κ1) is 14.6. The summed E-state index contributed by atoms with van der Waals surface area (Å²) in [5, 5.41) is 0. The van der Waals surface area contributed by atoms with Crippen molar-refractivity contribution in [2.75, 3.05) is 6.61 Å². The Morgan fingerprint density at radius 1 is 1.25 bits per heavy atom. The number of allylic oxidation sites excluding steroid dienone is 3. The summed E-state index contributed by atoms with van der Waals surface area (Å²) >= 11 is 0. The minimum atomic E-state index is -0.231. The Morgan fingerprint density at radius 3 is 2.85 bits per heavy atom. The lowest BCUT2D eigenvalue weighted by Crippen LogP contribution is -2.04. The molecular formula is C18H22O2. The predicted molar refractivity (Wildman–Crippen MR) is 81.6 cm³/mol. The highest BCUT2D eigenvalue weighted by Gasteiger charge is 2.08. The fourth-order valence-electron chi connectivity index (χ4n) is 2.51. The van der Waals surface area contributed by atoms with Gasteiger partial charge < -0.3 is 4.74 Å². The molecule has 2 heteroatoms. The van der Waals surface area contributed by atoms with Crippen molar-refractivity contribution < 1.29 is 9.53 Å². The van der Waals surface area contributed by atoms with Gasteiger partial charge in [0, 0.05) is 6.08 Å². The number of hydrogen-bond donors (Lipinski definition) is 0. The van der Waals surface area contributed by atoms with E-state index in [1.54, 1.807) is 6.08 Å². The predicted octanol–water partition coefficient (Wildman–Crippen LogP) is 4.00. The number of ether oxygens (including phenoxy) is 1. The number of benzene rings is 1. The normalized spacial score (nSPS) is 19.1. The van der Waals surface area contributed by atoms with E-state index < -0.39 is 0 Å². The van der Waals surface area contributed by atoms with Gasteiger partial charge in [0.05, 0.1) is 6.61 Å². The Hall–Kier alpha value is -1.83. The van der Waals surface area contributed by atoms with Gasteiger partial charge in [-0.05, 0) is 50.2 Å². The Balaban J connectivity index is 2.23. The highest BCUT2D eigenvalue weighted by Crippen LogP contribution is 2.20. The van der Waals surface area contributed by atoms with E-state index in [4.69, 9.17) is 4.74 Å². The Labute approximate surface area is 121 Å². The van der Waals surface area contributed by atoms with Crippen LogP contribution in [0.15, 0.2) is 48.1 Å². The molecule has 0 saturated heterocycles. The molecule has 0 unspecified atom stereocenters. The number of carbonyl (C=O) groups excluding carboxylic acids is 1. The maximum absolute atomic E-state index is 11.7. The zero-order valence-electron chi connectivity index (χ0n) is 12.1. The maximum Gasteiger partial charge on any atom is 0.330 e. The quantitative estimate of drug-likeness (QED) is 0.461. The Bertz CT molecular complexity index is 512. The van der Waals surface area contributed by atoms with E-state index in [0.717, 1.165) is 31.3 Å². The van der Waals surface area contributed by atoms with Crippen molar-refractivity contribution in [1.82, 2.24) is 0 Å². The second-order valence-electron chi connectivity index (χ2n) is 5.07. The Kier molecular flexibility index (Phi) is 5.60. The van der Waals surface area contributed by atoms with Gasteiger partial charge in [-0.3, -0.25) is 0 Å². The lowest BCUT2D eigenvalue weighted by molar-refractivity contribution is -0.137. The molecule has 2 nitrogen and oxygen atoms in total. The largest absolute Gasteiger partial charge is 0.463 e. The zero-order valence-corrected chi connectivity index (χ0v) is 12.1. The monoisotopic (exact) mass is 270 g/mol. The third kappa shape index (κ3) is 4.37. The van der Waals surface area contributed by atoms with Crippen LogP contribution in [0.2, 0.25) is 0 Å². The molecule has 0 aliphatic heterocycles. The van der Waals surface area contributed by atoms with Gasteiger partial charge >= 0.3 is 5.97 Å². The van der Waals surface area contributed by atoms with Crippen LogP contribution < -0.4 is 0 Å². The summed E-state index contributed by atoms with van der Waals surface area (Å²) in [5.41, 5.74) is 3.85. The SMILES string of the molecule is CCOC(=O)C=C1C/C=C\CCCc2ccccc2C1. The molecule has 0 bridgehead atoms. The van der Waals surface area contributed by atoms with Gasteiger partial charge in [0.1, 0.15) is 0 Å². The molecule has 0 N–H and O–H groups in total. The van der Waals surface area contributed by atoms with Gasteiger partial charge in [0.25, 0.3) is 0 Å². The minimum absolute atomic E-state index is 0.231. The molecule has 0 saturated carbocycles. The summed E-state index contributed by atoms with van der Waals surface area (Å²) in [4.78, 5) is 11.7. The van der Waals surface area contributed by atoms with Crippen molar-refractivity contribution in [2.45, 2.75) is 39.0 Å². The second-order valence-corrected chi connectivity index (χ2v) is 5.07. The van der Waals surface area contributed by atoms with Crippen molar-refractivity contribution in [1.29, 1.82) is 0 Å². The van der Waals surface area contributed by atoms with Crippen LogP contribution >= 0.6 is 0 Å². The van der Waals surface area contributed by atoms with E-state index >= 15 is 0 Å². The molecule has 1 aliphatic rings. The summed E-state index contributed by atoms with van der Waals surface area (Å²) in [6.07, 6.45) is 11.1. The molecule has 0 aromatic heterocycles. The molecule has 20 heavy (non-hydrogen) atoms. The van der Waals surface area contributed by atoms with Crippen LogP contribution in [0.5, 0.6) is 0 Å². The molecule has 0 spiro atoms. The average molecular weight is 270 g/mol. The van der Waals surface area contributed by atoms with Crippen molar-refractivity contribution >= 4 is 5.97 Å². The van der Waals surface area contributed by atoms with Crippen LogP contribution in [0, 0.1) is 0 Å². The van der Waals surface area contributed by atoms with Crippen molar-refractivity contribution in [2.24, 2.45) is 0 Å². The molecule has 0 amide bonds. The second kappa shape index (κ2) is 7.68. The minimum Gasteiger partial charge on any atom is -0.463 e. The van der Waals surface area contributed by atoms with Gasteiger partial charge in [-0.15, -0.1) is 0 Å². The fraction of sp³-hybridized carbons (Fsp3) is 0.389. The van der Waals surface area contributed by atoms with Crippen LogP contribution in [0.25, 0.3) is 0 Å². The lowest BCUT2D eigenvalue weighted by atomic mass is 9.93. The first-order valence-electron chi connectivity index (χ1n) is 7.37. The standard InChI is InChI=1S/C18H22O2/c1-2-20-18(19)14-15-9-5-3-4-6-10-16-11-7-8-12-17(16)13-15/h3,5,7-8,11-12,14H,2,4,6,9-10,13H2,1H3/b5-3-,15-14?. The van der Waals surface area contributed by atoms with E-state index in [9.17, 15) is 4.79 Å². The number of fused-ring (bicyclic) bond motifs is 1. The molecule has 106 valence electrons. The van der Waals surface area contributed by atoms with Crippen LogP contribution in [-0.2, 0) is 22.4 Å². The smallest absolute Gasteiger partial charge is 0.330 e. The zero-order chi connectivity index (χ0) is 14.2. The van der Waals surface area contributed by atoms with Gasteiger partial charge in [-0.2, -0.15) is 0 Å². The summed E-state index contributed by atoms with van der Waals surface area (Å²) in [6.45, 7) is 2.26. The summed E-state index contributed by atoms with van der Waals surface area (Å²) < 4.78 is 5.02. The third-order valence-corrected chi connectivity index (χ3v) is 3.51. The molecule has 0 atom stereocenters. The van der Waals surface area contributed by atoms with E-state index in [1.165, 1.54) is 17.5 Å². The summed E-state index contributed by atoms with van der Waals surface area (Å²) in [7, 11) is 0. The summed E-state index contributed by atoms with van der Waals surface area (Å²) in [5.74, 6) is -0.231. The highest BCUT2D eigenvalue weighted by atomic mass is 16.5. The van der Waals surface area contributed by atoms with Gasteiger partial charge in [-0.25, -0.2) is 4.79 Å². The van der Waals surface area contributed by atoms with Crippen molar-refractivity contribution in [3.63, 3.8) is 0 Å². The van der Waals surface area contributed by atoms with Crippen molar-refractivity contribution in [3.05, 3.63) is 59.2 Å². The van der Waals surface area contributed by atoms with E-state index in [1.807, 2.05) is 6.92 Å². The van der Waals surface area contributed by atoms with Crippen LogP contribution in [0.3, 0.4) is 0 Å². The average Bonchev–Trinajstić information content (AvgIpc) is 2.44. The molecule has 1 aromatic rings. The van der Waals surface area contributed by atoms with Crippen molar-refractivity contribution in [3.8, 4) is 0 Å². The first-order chi connectivity index (χ1) is 9.79. The number of carbonyl (C=O) groups is 1. The number of rotatable bonds is 2. The molecule has 1 aliphatic carbocycles. The third-order valence-electron chi connectivity index (χ3n) is 3.51.